The van der Waals surface area contributed by atoms with Gasteiger partial charge in [0.25, 0.3) is 0 Å². The van der Waals surface area contributed by atoms with Crippen molar-refractivity contribution < 1.29 is 9.50 Å². The monoisotopic (exact) mass is 263 g/mol. The molecule has 1 atom stereocenters. The predicted molar refractivity (Wildman–Crippen MR) is 69.9 cm³/mol. The van der Waals surface area contributed by atoms with Gasteiger partial charge < -0.3 is 5.11 Å². The highest BCUT2D eigenvalue weighted by molar-refractivity contribution is 5.14. The number of hydrogen-bond acceptors (Lipinski definition) is 3. The van der Waals surface area contributed by atoms with E-state index in [2.05, 4.69) is 10.1 Å². The molecule has 2 aromatic heterocycles. The highest BCUT2D eigenvalue weighted by atomic mass is 19.1. The minimum atomic E-state index is -1.03. The van der Waals surface area contributed by atoms with Crippen LogP contribution in [0.2, 0.25) is 0 Å². The van der Waals surface area contributed by atoms with E-state index in [4.69, 9.17) is 0 Å². The minimum absolute atomic E-state index is 0.395. The zero-order valence-corrected chi connectivity index (χ0v) is 11.2. The van der Waals surface area contributed by atoms with Crippen LogP contribution in [0.4, 0.5) is 4.39 Å². The van der Waals surface area contributed by atoms with Crippen molar-refractivity contribution in [3.8, 4) is 0 Å². The Hall–Kier alpha value is -1.75. The van der Waals surface area contributed by atoms with Gasteiger partial charge in [-0.15, -0.1) is 0 Å². The average Bonchev–Trinajstić information content (AvgIpc) is 2.82. The van der Waals surface area contributed by atoms with Crippen molar-refractivity contribution in [2.45, 2.75) is 31.8 Å². The summed E-state index contributed by atoms with van der Waals surface area (Å²) in [6.07, 6.45) is 4.63. The van der Waals surface area contributed by atoms with Crippen molar-refractivity contribution in [2.24, 2.45) is 7.05 Å². The summed E-state index contributed by atoms with van der Waals surface area (Å²) in [5, 5.41) is 14.8. The lowest BCUT2D eigenvalue weighted by atomic mass is 9.90. The molecule has 0 aliphatic rings. The lowest BCUT2D eigenvalue weighted by molar-refractivity contribution is 0.0188. The van der Waals surface area contributed by atoms with Crippen LogP contribution in [0.25, 0.3) is 0 Å². The van der Waals surface area contributed by atoms with Crippen LogP contribution in [-0.2, 0) is 19.1 Å². The van der Waals surface area contributed by atoms with Gasteiger partial charge in [-0.3, -0.25) is 9.67 Å². The van der Waals surface area contributed by atoms with Crippen LogP contribution in [0, 0.1) is 5.82 Å². The topological polar surface area (TPSA) is 50.9 Å². The smallest absolute Gasteiger partial charge is 0.141 e. The molecule has 4 nitrogen and oxygen atoms in total. The molecule has 102 valence electrons. The standard InChI is InChI=1S/C14H18FN3O/c1-3-14(19,13-5-4-11(15)10-16-13)8-6-12-7-9-17-18(12)2/h4-5,7,9-10,19H,3,6,8H2,1-2H3. The number of aliphatic hydroxyl groups is 1. The summed E-state index contributed by atoms with van der Waals surface area (Å²) in [5.74, 6) is -0.395. The number of aryl methyl sites for hydroxylation is 2. The Morgan fingerprint density at radius 2 is 2.16 bits per heavy atom. The number of nitrogens with zero attached hydrogens (tertiary/aromatic N) is 3. The van der Waals surface area contributed by atoms with Crippen LogP contribution in [0.3, 0.4) is 0 Å². The molecule has 0 bridgehead atoms. The maximum atomic E-state index is 12.9. The molecule has 19 heavy (non-hydrogen) atoms. The van der Waals surface area contributed by atoms with Crippen LogP contribution >= 0.6 is 0 Å². The van der Waals surface area contributed by atoms with E-state index >= 15 is 0 Å². The fraction of sp³-hybridized carbons (Fsp3) is 0.429. The fourth-order valence-corrected chi connectivity index (χ4v) is 2.12. The molecule has 0 saturated carbocycles. The molecule has 0 radical (unpaired) electrons. The molecule has 0 aliphatic carbocycles. The van der Waals surface area contributed by atoms with Gasteiger partial charge in [0.2, 0.25) is 0 Å². The van der Waals surface area contributed by atoms with Crippen molar-refractivity contribution in [1.29, 1.82) is 0 Å². The largest absolute Gasteiger partial charge is 0.384 e. The van der Waals surface area contributed by atoms with Gasteiger partial charge in [-0.05, 0) is 37.5 Å². The second-order valence-electron chi connectivity index (χ2n) is 4.69. The third-order valence-corrected chi connectivity index (χ3v) is 3.51. The maximum Gasteiger partial charge on any atom is 0.141 e. The van der Waals surface area contributed by atoms with Crippen molar-refractivity contribution in [1.82, 2.24) is 14.8 Å². The Balaban J connectivity index is 2.14. The van der Waals surface area contributed by atoms with Gasteiger partial charge in [0, 0.05) is 18.9 Å². The van der Waals surface area contributed by atoms with Crippen LogP contribution in [0.5, 0.6) is 0 Å². The first-order valence-electron chi connectivity index (χ1n) is 6.36. The molecule has 1 N–H and O–H groups in total. The van der Waals surface area contributed by atoms with Crippen LogP contribution in [-0.4, -0.2) is 19.9 Å². The van der Waals surface area contributed by atoms with Gasteiger partial charge in [0.15, 0.2) is 0 Å². The van der Waals surface area contributed by atoms with Gasteiger partial charge >= 0.3 is 0 Å². The van der Waals surface area contributed by atoms with Gasteiger partial charge in [-0.25, -0.2) is 4.39 Å². The molecule has 0 spiro atoms. The third-order valence-electron chi connectivity index (χ3n) is 3.51. The van der Waals surface area contributed by atoms with Crippen molar-refractivity contribution in [3.63, 3.8) is 0 Å². The summed E-state index contributed by atoms with van der Waals surface area (Å²) in [7, 11) is 1.87. The van der Waals surface area contributed by atoms with Crippen LogP contribution in [0.1, 0.15) is 31.2 Å². The Kier molecular flexibility index (Phi) is 3.95. The normalized spacial score (nSPS) is 14.3. The van der Waals surface area contributed by atoms with E-state index in [1.54, 1.807) is 16.9 Å². The predicted octanol–water partition coefficient (Wildman–Crippen LogP) is 2.18. The molecule has 2 heterocycles. The van der Waals surface area contributed by atoms with E-state index in [-0.39, 0.29) is 0 Å². The number of aromatic nitrogens is 3. The Morgan fingerprint density at radius 1 is 1.37 bits per heavy atom. The van der Waals surface area contributed by atoms with E-state index in [9.17, 15) is 9.50 Å². The van der Waals surface area contributed by atoms with E-state index in [0.29, 0.717) is 25.0 Å². The molecule has 0 aromatic carbocycles. The second kappa shape index (κ2) is 5.48. The number of hydrogen-bond donors (Lipinski definition) is 1. The molecule has 1 unspecified atom stereocenters. The first kappa shape index (κ1) is 13.7. The summed E-state index contributed by atoms with van der Waals surface area (Å²) >= 11 is 0. The van der Waals surface area contributed by atoms with E-state index < -0.39 is 11.4 Å². The quantitative estimate of drug-likeness (QED) is 0.899. The minimum Gasteiger partial charge on any atom is -0.384 e. The lowest BCUT2D eigenvalue weighted by Gasteiger charge is -2.26. The van der Waals surface area contributed by atoms with Crippen molar-refractivity contribution in [2.75, 3.05) is 0 Å². The summed E-state index contributed by atoms with van der Waals surface area (Å²) in [6, 6.07) is 4.79. The SMILES string of the molecule is CCC(O)(CCc1ccnn1C)c1ccc(F)cn1. The zero-order chi connectivity index (χ0) is 13.9. The van der Waals surface area contributed by atoms with Crippen LogP contribution in [0.15, 0.2) is 30.6 Å². The molecule has 0 fully saturated rings. The first-order chi connectivity index (χ1) is 9.05. The molecule has 2 aromatic rings. The number of rotatable bonds is 5. The molecular weight excluding hydrogens is 245 g/mol. The van der Waals surface area contributed by atoms with E-state index in [1.807, 2.05) is 20.0 Å². The first-order valence-corrected chi connectivity index (χ1v) is 6.36. The van der Waals surface area contributed by atoms with Gasteiger partial charge in [0.1, 0.15) is 11.4 Å². The fourth-order valence-electron chi connectivity index (χ4n) is 2.12. The van der Waals surface area contributed by atoms with Gasteiger partial charge in [-0.1, -0.05) is 6.92 Å². The molecule has 0 saturated heterocycles. The maximum absolute atomic E-state index is 12.9. The zero-order valence-electron chi connectivity index (χ0n) is 11.2. The number of pyridine rings is 1. The van der Waals surface area contributed by atoms with Gasteiger partial charge in [0.05, 0.1) is 11.9 Å². The third kappa shape index (κ3) is 2.98. The van der Waals surface area contributed by atoms with Crippen molar-refractivity contribution >= 4 is 0 Å². The van der Waals surface area contributed by atoms with E-state index in [1.165, 1.54) is 6.07 Å². The summed E-state index contributed by atoms with van der Waals surface area (Å²) in [5.41, 5.74) is 0.533. The molecular formula is C14H18FN3O. The Bertz CT molecular complexity index is 538. The second-order valence-corrected chi connectivity index (χ2v) is 4.69. The molecule has 2 rings (SSSR count). The summed E-state index contributed by atoms with van der Waals surface area (Å²) in [6.45, 7) is 1.90. The molecule has 0 aliphatic heterocycles. The molecule has 0 amide bonds. The summed E-state index contributed by atoms with van der Waals surface area (Å²) < 4.78 is 14.7. The average molecular weight is 263 g/mol. The van der Waals surface area contributed by atoms with Crippen LogP contribution < -0.4 is 0 Å². The number of halogens is 1. The summed E-state index contributed by atoms with van der Waals surface area (Å²) in [4.78, 5) is 4.00. The molecule has 5 heteroatoms. The highest BCUT2D eigenvalue weighted by Gasteiger charge is 2.28. The Labute approximate surface area is 111 Å². The van der Waals surface area contributed by atoms with Gasteiger partial charge in [-0.2, -0.15) is 5.10 Å². The van der Waals surface area contributed by atoms with Crippen molar-refractivity contribution in [3.05, 3.63) is 47.8 Å². The highest BCUT2D eigenvalue weighted by Crippen LogP contribution is 2.28. The lowest BCUT2D eigenvalue weighted by Crippen LogP contribution is -2.27. The Morgan fingerprint density at radius 3 is 2.68 bits per heavy atom. The van der Waals surface area contributed by atoms with E-state index in [0.717, 1.165) is 11.9 Å².